The van der Waals surface area contributed by atoms with Crippen molar-refractivity contribution in [2.24, 2.45) is 7.05 Å². The lowest BCUT2D eigenvalue weighted by Gasteiger charge is -2.25. The molecule has 2 aromatic carbocycles. The van der Waals surface area contributed by atoms with E-state index in [2.05, 4.69) is 10.1 Å². The van der Waals surface area contributed by atoms with Gasteiger partial charge < -0.3 is 19.1 Å². The highest BCUT2D eigenvalue weighted by Crippen LogP contribution is 2.24. The summed E-state index contributed by atoms with van der Waals surface area (Å²) in [6.07, 6.45) is 7.01. The Bertz CT molecular complexity index is 1720. The molecule has 0 unspecified atom stereocenters. The van der Waals surface area contributed by atoms with Gasteiger partial charge in [0, 0.05) is 63.8 Å². The second-order valence-electron chi connectivity index (χ2n) is 10.9. The highest BCUT2D eigenvalue weighted by Gasteiger charge is 2.23. The van der Waals surface area contributed by atoms with Crippen LogP contribution >= 0.6 is 11.6 Å². The second-order valence-corrected chi connectivity index (χ2v) is 13.5. The fourth-order valence-electron chi connectivity index (χ4n) is 5.34. The van der Waals surface area contributed by atoms with E-state index in [9.17, 15) is 18.0 Å². The van der Waals surface area contributed by atoms with E-state index in [1.807, 2.05) is 35.0 Å². The number of nitrogens with zero attached hydrogens (tertiary/aromatic N) is 6. The fourth-order valence-corrected chi connectivity index (χ4v) is 6.85. The third kappa shape index (κ3) is 8.31. The van der Waals surface area contributed by atoms with Gasteiger partial charge in [-0.15, -0.1) is 0 Å². The van der Waals surface area contributed by atoms with Crippen LogP contribution in [0.25, 0.3) is 11.4 Å². The summed E-state index contributed by atoms with van der Waals surface area (Å²) in [4.78, 5) is 35.0. The molecule has 0 fully saturated rings. The summed E-state index contributed by atoms with van der Waals surface area (Å²) >= 11 is 6.30. The highest BCUT2D eigenvalue weighted by atomic mass is 35.5. The zero-order valence-electron chi connectivity index (χ0n) is 25.2. The first-order valence-corrected chi connectivity index (χ1v) is 17.0. The minimum absolute atomic E-state index is 0.111. The van der Waals surface area contributed by atoms with Crippen LogP contribution in [0.1, 0.15) is 36.2 Å². The van der Waals surface area contributed by atoms with Gasteiger partial charge in [-0.25, -0.2) is 13.4 Å². The monoisotopic (exact) mass is 652 g/mol. The Morgan fingerprint density at radius 2 is 1.69 bits per heavy atom. The predicted octanol–water partition coefficient (Wildman–Crippen LogP) is 4.33. The lowest BCUT2D eigenvalue weighted by molar-refractivity contribution is -0.131. The average Bonchev–Trinajstić information content (AvgIpc) is 3.65. The van der Waals surface area contributed by atoms with Crippen molar-refractivity contribution in [3.63, 3.8) is 0 Å². The van der Waals surface area contributed by atoms with Gasteiger partial charge in [-0.2, -0.15) is 5.10 Å². The van der Waals surface area contributed by atoms with E-state index in [0.29, 0.717) is 57.7 Å². The van der Waals surface area contributed by atoms with Crippen molar-refractivity contribution in [2.45, 2.75) is 37.1 Å². The molecular weight excluding hydrogens is 616 g/mol. The first-order valence-electron chi connectivity index (χ1n) is 15.0. The van der Waals surface area contributed by atoms with Crippen LogP contribution in [-0.4, -0.2) is 87.9 Å². The molecule has 3 heterocycles. The molecule has 0 spiro atoms. The van der Waals surface area contributed by atoms with Gasteiger partial charge in [-0.05, 0) is 43.5 Å². The van der Waals surface area contributed by atoms with Gasteiger partial charge in [0.2, 0.25) is 5.91 Å². The van der Waals surface area contributed by atoms with E-state index in [4.69, 9.17) is 16.3 Å². The van der Waals surface area contributed by atoms with Crippen molar-refractivity contribution >= 4 is 33.3 Å². The van der Waals surface area contributed by atoms with Crippen LogP contribution in [0, 0.1) is 0 Å². The third-order valence-corrected chi connectivity index (χ3v) is 9.69. The molecule has 2 amide bonds. The number of carbonyl (C=O) groups is 2. The number of ether oxygens (including phenoxy) is 1. The largest absolute Gasteiger partial charge is 0.492 e. The first-order chi connectivity index (χ1) is 21.7. The summed E-state index contributed by atoms with van der Waals surface area (Å²) in [7, 11) is -1.88. The number of hydrogen-bond donors (Lipinski definition) is 0. The van der Waals surface area contributed by atoms with Crippen molar-refractivity contribution in [3.8, 4) is 17.1 Å². The molecule has 4 aromatic rings. The maximum atomic E-state index is 13.5. The Hall–Kier alpha value is -4.16. The Labute approximate surface area is 268 Å². The number of rotatable bonds is 5. The number of aromatic nitrogens is 4. The van der Waals surface area contributed by atoms with Crippen molar-refractivity contribution in [2.75, 3.05) is 38.5 Å². The van der Waals surface area contributed by atoms with Gasteiger partial charge in [0.05, 0.1) is 22.2 Å². The smallest absolute Gasteiger partial charge is 0.276 e. The quantitative estimate of drug-likeness (QED) is 0.315. The van der Waals surface area contributed by atoms with Crippen molar-refractivity contribution in [1.29, 1.82) is 0 Å². The van der Waals surface area contributed by atoms with Gasteiger partial charge in [-0.3, -0.25) is 14.3 Å². The number of hydrogen-bond acceptors (Lipinski definition) is 7. The van der Waals surface area contributed by atoms with E-state index in [1.54, 1.807) is 59.6 Å². The normalized spacial score (nSPS) is 15.2. The lowest BCUT2D eigenvalue weighted by atomic mass is 10.2. The van der Waals surface area contributed by atoms with Crippen LogP contribution in [0.5, 0.6) is 5.75 Å². The summed E-state index contributed by atoms with van der Waals surface area (Å²) < 4.78 is 35.3. The molecule has 5 rings (SSSR count). The standard InChI is InChI=1S/C32H37ClN6O5S/c1-36-24-28(33)30(35-36)32(41)39-16-6-5-15-37(29(40)13-22-45(42,43)27-11-3-2-4-12-27)17-8-18-38-19-14-34-31(38)25-9-7-10-26(23-25)44-21-20-39/h2-4,7,9-12,14,19,23-24H,5-6,8,13,15-18,20-22H2,1H3. The number of aryl methyl sites for hydroxylation is 2. The Balaban J connectivity index is 1.34. The molecule has 0 saturated heterocycles. The molecule has 0 aliphatic carbocycles. The zero-order chi connectivity index (χ0) is 31.8. The molecule has 0 atom stereocenters. The number of amides is 2. The number of sulfone groups is 1. The Morgan fingerprint density at radius 3 is 2.44 bits per heavy atom. The molecule has 2 aromatic heterocycles. The molecule has 13 heteroatoms. The second kappa shape index (κ2) is 14.7. The maximum absolute atomic E-state index is 13.5. The molecule has 2 bridgehead atoms. The van der Waals surface area contributed by atoms with Gasteiger partial charge in [0.1, 0.15) is 18.2 Å². The molecule has 238 valence electrons. The van der Waals surface area contributed by atoms with Gasteiger partial charge >= 0.3 is 0 Å². The minimum atomic E-state index is -3.59. The maximum Gasteiger partial charge on any atom is 0.276 e. The van der Waals surface area contributed by atoms with Crippen LogP contribution in [-0.2, 0) is 28.2 Å². The van der Waals surface area contributed by atoms with Crippen LogP contribution in [0.2, 0.25) is 5.02 Å². The van der Waals surface area contributed by atoms with E-state index < -0.39 is 9.84 Å². The predicted molar refractivity (Wildman–Crippen MR) is 171 cm³/mol. The summed E-state index contributed by atoms with van der Waals surface area (Å²) in [6.45, 7) is 2.50. The fraction of sp³-hybridized carbons (Fsp3) is 0.375. The summed E-state index contributed by atoms with van der Waals surface area (Å²) in [5.41, 5.74) is 1.06. The zero-order valence-corrected chi connectivity index (χ0v) is 26.8. The van der Waals surface area contributed by atoms with Gasteiger partial charge in [0.25, 0.3) is 5.91 Å². The lowest BCUT2D eigenvalue weighted by Crippen LogP contribution is -2.37. The molecule has 45 heavy (non-hydrogen) atoms. The van der Waals surface area contributed by atoms with Crippen LogP contribution in [0.4, 0.5) is 0 Å². The highest BCUT2D eigenvalue weighted by molar-refractivity contribution is 7.91. The number of halogens is 1. The molecule has 0 radical (unpaired) electrons. The number of imidazole rings is 1. The topological polar surface area (TPSA) is 120 Å². The Kier molecular flexibility index (Phi) is 10.6. The van der Waals surface area contributed by atoms with E-state index in [-0.39, 0.29) is 46.2 Å². The molecule has 1 aliphatic rings. The molecule has 0 N–H and O–H groups in total. The van der Waals surface area contributed by atoms with Gasteiger partial charge in [0.15, 0.2) is 15.5 Å². The number of benzene rings is 2. The first kappa shape index (κ1) is 32.2. The van der Waals surface area contributed by atoms with Crippen molar-refractivity contribution in [3.05, 3.63) is 83.9 Å². The van der Waals surface area contributed by atoms with Crippen molar-refractivity contribution < 1.29 is 22.7 Å². The van der Waals surface area contributed by atoms with E-state index in [1.165, 1.54) is 4.68 Å². The van der Waals surface area contributed by atoms with E-state index >= 15 is 0 Å². The molecular formula is C32H37ClN6O5S. The number of carbonyl (C=O) groups excluding carboxylic acids is 2. The van der Waals surface area contributed by atoms with Crippen molar-refractivity contribution in [1.82, 2.24) is 29.1 Å². The average molecular weight is 653 g/mol. The molecule has 1 aliphatic heterocycles. The van der Waals surface area contributed by atoms with Crippen LogP contribution < -0.4 is 4.74 Å². The third-order valence-electron chi connectivity index (χ3n) is 7.68. The summed E-state index contributed by atoms with van der Waals surface area (Å²) in [5, 5.41) is 4.53. The summed E-state index contributed by atoms with van der Waals surface area (Å²) in [6, 6.07) is 15.8. The molecule has 11 nitrogen and oxygen atoms in total. The summed E-state index contributed by atoms with van der Waals surface area (Å²) in [5.74, 6) is 0.668. The van der Waals surface area contributed by atoms with E-state index in [0.717, 1.165) is 11.4 Å². The minimum Gasteiger partial charge on any atom is -0.492 e. The van der Waals surface area contributed by atoms with Crippen LogP contribution in [0.15, 0.2) is 78.1 Å². The van der Waals surface area contributed by atoms with Gasteiger partial charge in [-0.1, -0.05) is 41.9 Å². The van der Waals surface area contributed by atoms with Crippen LogP contribution in [0.3, 0.4) is 0 Å². The Morgan fingerprint density at radius 1 is 0.933 bits per heavy atom. The SMILES string of the molecule is Cn1cc(Cl)c(C(=O)N2CCCCN(C(=O)CCS(=O)(=O)c3ccccc3)CCCn3ccnc3-c3cccc(c3)OCC2)n1. The molecule has 0 saturated carbocycles. The number of fused-ring (bicyclic) bond motifs is 4.